The van der Waals surface area contributed by atoms with Gasteiger partial charge in [-0.1, -0.05) is 13.3 Å². The van der Waals surface area contributed by atoms with Gasteiger partial charge in [0.15, 0.2) is 12.4 Å². The van der Waals surface area contributed by atoms with Crippen LogP contribution in [0.3, 0.4) is 0 Å². The molecule has 0 spiro atoms. The Labute approximate surface area is 185 Å². The number of carbonyl (C=O) groups excluding carboxylic acids is 4. The lowest BCUT2D eigenvalue weighted by Gasteiger charge is -2.07. The summed E-state index contributed by atoms with van der Waals surface area (Å²) >= 11 is 0. The summed E-state index contributed by atoms with van der Waals surface area (Å²) in [5.41, 5.74) is 1.17. The zero-order valence-electron chi connectivity index (χ0n) is 17.9. The number of carbonyl (C=O) groups is 4. The standard InChI is InChI=1S/C24H26FNO6/c1-2-3-15-31-24(30)18-9-13-20(14-10-18)26-22(28)5-4-6-23(29)32-16-21(27)17-7-11-19(25)12-8-17/h7-14H,2-6,15-16H2,1H3,(H,26,28). The highest BCUT2D eigenvalue weighted by molar-refractivity contribution is 5.98. The Morgan fingerprint density at radius 3 is 2.16 bits per heavy atom. The summed E-state index contributed by atoms with van der Waals surface area (Å²) in [6, 6.07) is 11.3. The van der Waals surface area contributed by atoms with Gasteiger partial charge >= 0.3 is 11.9 Å². The molecule has 2 aromatic carbocycles. The predicted octanol–water partition coefficient (Wildman–Crippen LogP) is 4.32. The van der Waals surface area contributed by atoms with Crippen molar-refractivity contribution in [2.24, 2.45) is 0 Å². The van der Waals surface area contributed by atoms with E-state index < -0.39 is 30.1 Å². The number of halogens is 1. The van der Waals surface area contributed by atoms with Gasteiger partial charge in [-0.2, -0.15) is 0 Å². The second kappa shape index (κ2) is 13.0. The van der Waals surface area contributed by atoms with Crippen LogP contribution in [0.25, 0.3) is 0 Å². The van der Waals surface area contributed by atoms with Crippen molar-refractivity contribution in [1.82, 2.24) is 0 Å². The third-order valence-corrected chi connectivity index (χ3v) is 4.45. The van der Waals surface area contributed by atoms with Gasteiger partial charge in [-0.15, -0.1) is 0 Å². The van der Waals surface area contributed by atoms with E-state index in [1.165, 1.54) is 12.1 Å². The van der Waals surface area contributed by atoms with Gasteiger partial charge in [-0.3, -0.25) is 14.4 Å². The van der Waals surface area contributed by atoms with E-state index in [0.29, 0.717) is 17.9 Å². The van der Waals surface area contributed by atoms with Crippen molar-refractivity contribution >= 4 is 29.3 Å². The van der Waals surface area contributed by atoms with Crippen LogP contribution >= 0.6 is 0 Å². The number of hydrogen-bond acceptors (Lipinski definition) is 6. The minimum atomic E-state index is -0.598. The molecule has 0 aromatic heterocycles. The third kappa shape index (κ3) is 8.67. The Morgan fingerprint density at radius 1 is 0.844 bits per heavy atom. The number of amides is 1. The van der Waals surface area contributed by atoms with Crippen molar-refractivity contribution in [1.29, 1.82) is 0 Å². The molecule has 170 valence electrons. The number of ketones is 1. The summed E-state index contributed by atoms with van der Waals surface area (Å²) in [7, 11) is 0. The summed E-state index contributed by atoms with van der Waals surface area (Å²) in [5, 5.41) is 2.68. The van der Waals surface area contributed by atoms with E-state index in [-0.39, 0.29) is 30.7 Å². The van der Waals surface area contributed by atoms with E-state index in [1.807, 2.05) is 6.92 Å². The summed E-state index contributed by atoms with van der Waals surface area (Å²) in [5.74, 6) is -2.20. The molecule has 0 unspecified atom stereocenters. The van der Waals surface area contributed by atoms with Crippen molar-refractivity contribution in [3.05, 3.63) is 65.5 Å². The summed E-state index contributed by atoms with van der Waals surface area (Å²) in [4.78, 5) is 47.5. The highest BCUT2D eigenvalue weighted by atomic mass is 19.1. The maximum absolute atomic E-state index is 12.9. The molecule has 2 rings (SSSR count). The largest absolute Gasteiger partial charge is 0.462 e. The fourth-order valence-corrected chi connectivity index (χ4v) is 2.64. The zero-order valence-corrected chi connectivity index (χ0v) is 17.9. The van der Waals surface area contributed by atoms with Crippen LogP contribution in [0.4, 0.5) is 10.1 Å². The van der Waals surface area contributed by atoms with Crippen LogP contribution in [0.1, 0.15) is 59.7 Å². The topological polar surface area (TPSA) is 98.8 Å². The van der Waals surface area contributed by atoms with E-state index in [2.05, 4.69) is 5.32 Å². The second-order valence-corrected chi connectivity index (χ2v) is 7.06. The van der Waals surface area contributed by atoms with Gasteiger partial charge in [-0.25, -0.2) is 9.18 Å². The van der Waals surface area contributed by atoms with Gasteiger partial charge in [0.2, 0.25) is 5.91 Å². The quantitative estimate of drug-likeness (QED) is 0.298. The smallest absolute Gasteiger partial charge is 0.338 e. The number of ether oxygens (including phenoxy) is 2. The molecule has 0 saturated carbocycles. The SMILES string of the molecule is CCCCOC(=O)c1ccc(NC(=O)CCCC(=O)OCC(=O)c2ccc(F)cc2)cc1. The van der Waals surface area contributed by atoms with Crippen LogP contribution in [-0.2, 0) is 19.1 Å². The molecule has 2 aromatic rings. The molecule has 1 amide bonds. The molecule has 0 atom stereocenters. The number of anilines is 1. The number of nitrogens with one attached hydrogen (secondary N) is 1. The Morgan fingerprint density at radius 2 is 1.50 bits per heavy atom. The number of benzene rings is 2. The van der Waals surface area contributed by atoms with Crippen LogP contribution in [0.15, 0.2) is 48.5 Å². The maximum Gasteiger partial charge on any atom is 0.338 e. The van der Waals surface area contributed by atoms with Crippen molar-refractivity contribution in [3.8, 4) is 0 Å². The molecule has 0 aliphatic carbocycles. The van der Waals surface area contributed by atoms with Gasteiger partial charge in [0, 0.05) is 24.1 Å². The lowest BCUT2D eigenvalue weighted by molar-refractivity contribution is -0.142. The summed E-state index contributed by atoms with van der Waals surface area (Å²) in [6.07, 6.45) is 2.05. The van der Waals surface area contributed by atoms with Crippen molar-refractivity contribution < 1.29 is 33.0 Å². The number of unbranched alkanes of at least 4 members (excludes halogenated alkanes) is 1. The number of Topliss-reactive ketones (excluding diaryl/α,β-unsaturated/α-hetero) is 1. The highest BCUT2D eigenvalue weighted by Gasteiger charge is 2.12. The maximum atomic E-state index is 12.9. The van der Waals surface area contributed by atoms with Gasteiger partial charge in [-0.05, 0) is 61.4 Å². The molecule has 0 fully saturated rings. The molecule has 8 heteroatoms. The molecular weight excluding hydrogens is 417 g/mol. The van der Waals surface area contributed by atoms with Crippen LogP contribution in [0.2, 0.25) is 0 Å². The highest BCUT2D eigenvalue weighted by Crippen LogP contribution is 2.12. The normalized spacial score (nSPS) is 10.3. The van der Waals surface area contributed by atoms with E-state index in [9.17, 15) is 23.6 Å². The average Bonchev–Trinajstić information content (AvgIpc) is 2.78. The van der Waals surface area contributed by atoms with Crippen molar-refractivity contribution in [2.75, 3.05) is 18.5 Å². The Kier molecular flexibility index (Phi) is 10.0. The molecule has 1 N–H and O–H groups in total. The predicted molar refractivity (Wildman–Crippen MR) is 116 cm³/mol. The summed E-state index contributed by atoms with van der Waals surface area (Å²) in [6.45, 7) is 1.94. The van der Waals surface area contributed by atoms with Crippen molar-refractivity contribution in [3.63, 3.8) is 0 Å². The number of rotatable bonds is 12. The fourth-order valence-electron chi connectivity index (χ4n) is 2.64. The first-order chi connectivity index (χ1) is 15.4. The Balaban J connectivity index is 1.66. The molecule has 0 aliphatic heterocycles. The Hall–Kier alpha value is -3.55. The minimum absolute atomic E-state index is 0.0212. The minimum Gasteiger partial charge on any atom is -0.462 e. The van der Waals surface area contributed by atoms with Gasteiger partial charge in [0.05, 0.1) is 12.2 Å². The monoisotopic (exact) mass is 443 g/mol. The van der Waals surface area contributed by atoms with Crippen LogP contribution in [0, 0.1) is 5.82 Å². The number of esters is 2. The first kappa shape index (κ1) is 24.7. The first-order valence-corrected chi connectivity index (χ1v) is 10.4. The zero-order chi connectivity index (χ0) is 23.3. The van der Waals surface area contributed by atoms with E-state index in [0.717, 1.165) is 25.0 Å². The van der Waals surface area contributed by atoms with E-state index >= 15 is 0 Å². The number of hydrogen-bond donors (Lipinski definition) is 1. The molecular formula is C24H26FNO6. The lowest BCUT2D eigenvalue weighted by atomic mass is 10.1. The van der Waals surface area contributed by atoms with Crippen LogP contribution < -0.4 is 5.32 Å². The van der Waals surface area contributed by atoms with E-state index in [1.54, 1.807) is 24.3 Å². The van der Waals surface area contributed by atoms with Crippen molar-refractivity contribution in [2.45, 2.75) is 39.0 Å². The molecule has 7 nitrogen and oxygen atoms in total. The second-order valence-electron chi connectivity index (χ2n) is 7.06. The van der Waals surface area contributed by atoms with Gasteiger partial charge < -0.3 is 14.8 Å². The molecule has 0 aliphatic rings. The molecule has 0 saturated heterocycles. The molecule has 0 bridgehead atoms. The van der Waals surface area contributed by atoms with E-state index in [4.69, 9.17) is 9.47 Å². The fraction of sp³-hybridized carbons (Fsp3) is 0.333. The average molecular weight is 443 g/mol. The molecule has 0 heterocycles. The summed E-state index contributed by atoms with van der Waals surface area (Å²) < 4.78 is 22.9. The third-order valence-electron chi connectivity index (χ3n) is 4.45. The Bertz CT molecular complexity index is 925. The van der Waals surface area contributed by atoms with Gasteiger partial charge in [0.1, 0.15) is 5.82 Å². The first-order valence-electron chi connectivity index (χ1n) is 10.4. The molecule has 32 heavy (non-hydrogen) atoms. The lowest BCUT2D eigenvalue weighted by Crippen LogP contribution is -2.15. The molecule has 0 radical (unpaired) electrons. The van der Waals surface area contributed by atoms with Crippen LogP contribution in [0.5, 0.6) is 0 Å². The van der Waals surface area contributed by atoms with Crippen LogP contribution in [-0.4, -0.2) is 36.8 Å². The van der Waals surface area contributed by atoms with Gasteiger partial charge in [0.25, 0.3) is 0 Å².